The number of ether oxygens (including phenoxy) is 1. The van der Waals surface area contributed by atoms with E-state index in [0.29, 0.717) is 31.3 Å². The first kappa shape index (κ1) is 16.3. The Morgan fingerprint density at radius 3 is 2.65 bits per heavy atom. The van der Waals surface area contributed by atoms with Gasteiger partial charge in [0.05, 0.1) is 6.61 Å². The van der Waals surface area contributed by atoms with Crippen molar-refractivity contribution in [1.29, 1.82) is 0 Å². The number of benzene rings is 2. The van der Waals surface area contributed by atoms with Gasteiger partial charge in [0.25, 0.3) is 5.89 Å². The average Bonchev–Trinajstić information content (AvgIpc) is 3.30. The van der Waals surface area contributed by atoms with Crippen LogP contribution in [0.25, 0.3) is 11.5 Å². The fourth-order valence-electron chi connectivity index (χ4n) is 3.12. The minimum atomic E-state index is -0.0738. The van der Waals surface area contributed by atoms with Gasteiger partial charge in [-0.1, -0.05) is 23.4 Å². The zero-order valence-corrected chi connectivity index (χ0v) is 14.5. The molecule has 1 aromatic heterocycles. The number of hydrogen-bond acceptors (Lipinski definition) is 5. The molecule has 1 unspecified atom stereocenters. The van der Waals surface area contributed by atoms with Crippen LogP contribution in [0.15, 0.2) is 59.1 Å². The summed E-state index contributed by atoms with van der Waals surface area (Å²) in [4.78, 5) is 18.7. The summed E-state index contributed by atoms with van der Waals surface area (Å²) in [5.41, 5.74) is 1.73. The molecule has 6 nitrogen and oxygen atoms in total. The molecule has 26 heavy (non-hydrogen) atoms. The van der Waals surface area contributed by atoms with Gasteiger partial charge in [0, 0.05) is 30.1 Å². The van der Waals surface area contributed by atoms with Gasteiger partial charge < -0.3 is 14.2 Å². The summed E-state index contributed by atoms with van der Waals surface area (Å²) < 4.78 is 10.8. The lowest BCUT2D eigenvalue weighted by atomic mass is 10.1. The predicted molar refractivity (Wildman–Crippen MR) is 97.1 cm³/mol. The van der Waals surface area contributed by atoms with E-state index >= 15 is 0 Å². The van der Waals surface area contributed by atoms with Gasteiger partial charge >= 0.3 is 0 Å². The summed E-state index contributed by atoms with van der Waals surface area (Å²) in [6, 6.07) is 17.2. The molecule has 1 aliphatic heterocycles. The van der Waals surface area contributed by atoms with Crippen molar-refractivity contribution in [2.24, 2.45) is 0 Å². The zero-order valence-electron chi connectivity index (χ0n) is 14.5. The van der Waals surface area contributed by atoms with Gasteiger partial charge in [0.2, 0.25) is 5.91 Å². The quantitative estimate of drug-likeness (QED) is 0.703. The van der Waals surface area contributed by atoms with Gasteiger partial charge in [0.15, 0.2) is 5.82 Å². The Hall–Kier alpha value is -3.15. The van der Waals surface area contributed by atoms with Crippen LogP contribution in [0.2, 0.25) is 0 Å². The Morgan fingerprint density at radius 2 is 1.92 bits per heavy atom. The van der Waals surface area contributed by atoms with E-state index < -0.39 is 0 Å². The molecule has 0 bridgehead atoms. The smallest absolute Gasteiger partial charge is 0.257 e. The predicted octanol–water partition coefficient (Wildman–Crippen LogP) is 3.66. The number of rotatable bonds is 5. The molecule has 3 aromatic rings. The summed E-state index contributed by atoms with van der Waals surface area (Å²) >= 11 is 0. The molecular formula is C20H19N3O3. The third kappa shape index (κ3) is 3.18. The molecule has 0 aliphatic carbocycles. The van der Waals surface area contributed by atoms with Gasteiger partial charge in [-0.2, -0.15) is 4.98 Å². The minimum absolute atomic E-state index is 0.0604. The standard InChI is InChI=1S/C20H19N3O3/c1-2-25-17-10-8-16(9-11-17)23-13-15(12-18(23)24)19-21-20(26-22-19)14-6-4-3-5-7-14/h3-11,15H,2,12-13H2,1H3. The number of aromatic nitrogens is 2. The van der Waals surface area contributed by atoms with E-state index in [1.165, 1.54) is 0 Å². The third-order valence-electron chi connectivity index (χ3n) is 4.41. The first-order valence-electron chi connectivity index (χ1n) is 8.67. The van der Waals surface area contributed by atoms with Crippen molar-refractivity contribution >= 4 is 11.6 Å². The highest BCUT2D eigenvalue weighted by Crippen LogP contribution is 2.32. The molecule has 0 saturated carbocycles. The summed E-state index contributed by atoms with van der Waals surface area (Å²) in [5, 5.41) is 4.09. The second kappa shape index (κ2) is 7.00. The molecular weight excluding hydrogens is 330 g/mol. The largest absolute Gasteiger partial charge is 0.494 e. The topological polar surface area (TPSA) is 68.5 Å². The third-order valence-corrected chi connectivity index (χ3v) is 4.41. The maximum Gasteiger partial charge on any atom is 0.257 e. The SMILES string of the molecule is CCOc1ccc(N2CC(c3noc(-c4ccccc4)n3)CC2=O)cc1. The van der Waals surface area contributed by atoms with E-state index in [-0.39, 0.29) is 11.8 Å². The van der Waals surface area contributed by atoms with Crippen LogP contribution in [0.5, 0.6) is 5.75 Å². The van der Waals surface area contributed by atoms with Crippen LogP contribution in [0.4, 0.5) is 5.69 Å². The van der Waals surface area contributed by atoms with Crippen molar-refractivity contribution in [2.75, 3.05) is 18.1 Å². The van der Waals surface area contributed by atoms with Gasteiger partial charge in [0.1, 0.15) is 5.75 Å². The number of carbonyl (C=O) groups is 1. The Balaban J connectivity index is 1.50. The maximum atomic E-state index is 12.5. The highest BCUT2D eigenvalue weighted by molar-refractivity contribution is 5.96. The van der Waals surface area contributed by atoms with Crippen molar-refractivity contribution in [3.8, 4) is 17.2 Å². The molecule has 1 aliphatic rings. The van der Waals surface area contributed by atoms with Crippen LogP contribution in [-0.4, -0.2) is 29.2 Å². The minimum Gasteiger partial charge on any atom is -0.494 e. The van der Waals surface area contributed by atoms with E-state index in [9.17, 15) is 4.79 Å². The average molecular weight is 349 g/mol. The van der Waals surface area contributed by atoms with Crippen LogP contribution in [0.1, 0.15) is 25.1 Å². The van der Waals surface area contributed by atoms with E-state index in [4.69, 9.17) is 9.26 Å². The molecule has 2 heterocycles. The lowest BCUT2D eigenvalue weighted by molar-refractivity contribution is -0.117. The highest BCUT2D eigenvalue weighted by Gasteiger charge is 2.34. The van der Waals surface area contributed by atoms with Gasteiger partial charge in [-0.15, -0.1) is 0 Å². The Labute approximate surface area is 151 Å². The van der Waals surface area contributed by atoms with Crippen molar-refractivity contribution in [2.45, 2.75) is 19.3 Å². The Kier molecular flexibility index (Phi) is 4.39. The molecule has 0 N–H and O–H groups in total. The lowest BCUT2D eigenvalue weighted by Gasteiger charge is -2.16. The van der Waals surface area contributed by atoms with Crippen LogP contribution in [0, 0.1) is 0 Å². The first-order valence-corrected chi connectivity index (χ1v) is 8.67. The first-order chi connectivity index (χ1) is 12.7. The number of amides is 1. The van der Waals surface area contributed by atoms with Crippen LogP contribution >= 0.6 is 0 Å². The molecule has 1 saturated heterocycles. The number of nitrogens with zero attached hydrogens (tertiary/aromatic N) is 3. The molecule has 6 heteroatoms. The molecule has 0 radical (unpaired) electrons. The fraction of sp³-hybridized carbons (Fsp3) is 0.250. The maximum absolute atomic E-state index is 12.5. The van der Waals surface area contributed by atoms with E-state index in [2.05, 4.69) is 10.1 Å². The second-order valence-corrected chi connectivity index (χ2v) is 6.16. The monoisotopic (exact) mass is 349 g/mol. The number of anilines is 1. The Bertz CT molecular complexity index is 890. The van der Waals surface area contributed by atoms with Crippen LogP contribution in [-0.2, 0) is 4.79 Å². The zero-order chi connectivity index (χ0) is 17.9. The molecule has 2 aromatic carbocycles. The van der Waals surface area contributed by atoms with E-state index in [1.54, 1.807) is 4.90 Å². The lowest BCUT2D eigenvalue weighted by Crippen LogP contribution is -2.24. The van der Waals surface area contributed by atoms with Gasteiger partial charge in [-0.3, -0.25) is 4.79 Å². The fourth-order valence-corrected chi connectivity index (χ4v) is 3.12. The molecule has 1 amide bonds. The van der Waals surface area contributed by atoms with Crippen molar-refractivity contribution in [3.05, 3.63) is 60.4 Å². The molecule has 0 spiro atoms. The molecule has 1 atom stereocenters. The van der Waals surface area contributed by atoms with Gasteiger partial charge in [-0.25, -0.2) is 0 Å². The van der Waals surface area contributed by atoms with Crippen molar-refractivity contribution < 1.29 is 14.1 Å². The van der Waals surface area contributed by atoms with Crippen molar-refractivity contribution in [1.82, 2.24) is 10.1 Å². The summed E-state index contributed by atoms with van der Waals surface area (Å²) in [5.74, 6) is 1.84. The van der Waals surface area contributed by atoms with E-state index in [1.807, 2.05) is 61.5 Å². The van der Waals surface area contributed by atoms with Crippen LogP contribution < -0.4 is 9.64 Å². The summed E-state index contributed by atoms with van der Waals surface area (Å²) in [6.07, 6.45) is 0.376. The molecule has 132 valence electrons. The van der Waals surface area contributed by atoms with Crippen molar-refractivity contribution in [3.63, 3.8) is 0 Å². The van der Waals surface area contributed by atoms with Crippen LogP contribution in [0.3, 0.4) is 0 Å². The van der Waals surface area contributed by atoms with Gasteiger partial charge in [-0.05, 0) is 43.3 Å². The van der Waals surface area contributed by atoms with E-state index in [0.717, 1.165) is 17.0 Å². The Morgan fingerprint density at radius 1 is 1.15 bits per heavy atom. The normalized spacial score (nSPS) is 16.9. The molecule has 1 fully saturated rings. The number of hydrogen-bond donors (Lipinski definition) is 0. The number of carbonyl (C=O) groups excluding carboxylic acids is 1. The summed E-state index contributed by atoms with van der Waals surface area (Å²) in [7, 11) is 0. The second-order valence-electron chi connectivity index (χ2n) is 6.16. The molecule has 4 rings (SSSR count). The highest BCUT2D eigenvalue weighted by atomic mass is 16.5. The summed E-state index contributed by atoms with van der Waals surface area (Å²) in [6.45, 7) is 3.10.